The molecule has 296 valence electrons. The fourth-order valence-electron chi connectivity index (χ4n) is 10.9. The fourth-order valence-corrected chi connectivity index (χ4v) is 10.9. The van der Waals surface area contributed by atoms with Crippen LogP contribution < -0.4 is 0 Å². The average molecular weight is 811 g/mol. The highest BCUT2D eigenvalue weighted by Crippen LogP contribution is 2.48. The molecule has 0 aliphatic heterocycles. The average Bonchev–Trinajstić information content (AvgIpc) is 4.00. The molecule has 0 saturated heterocycles. The van der Waals surface area contributed by atoms with Gasteiger partial charge in [-0.25, -0.2) is 0 Å². The summed E-state index contributed by atoms with van der Waals surface area (Å²) in [6.07, 6.45) is 0. The van der Waals surface area contributed by atoms with E-state index in [-0.39, 0.29) is 0 Å². The lowest BCUT2D eigenvalue weighted by Crippen LogP contribution is -1.95. The third kappa shape index (κ3) is 5.14. The van der Waals surface area contributed by atoms with Gasteiger partial charge in [-0.15, -0.1) is 0 Å². The highest BCUT2D eigenvalue weighted by molar-refractivity contribution is 6.20. The van der Waals surface area contributed by atoms with Gasteiger partial charge in [0.05, 0.1) is 22.1 Å². The number of hydrogen-bond donors (Lipinski definition) is 0. The van der Waals surface area contributed by atoms with Crippen LogP contribution in [-0.4, -0.2) is 9.13 Å². The molecule has 11 aromatic carbocycles. The maximum atomic E-state index is 2.45. The number of benzene rings is 11. The van der Waals surface area contributed by atoms with Gasteiger partial charge in [-0.1, -0.05) is 176 Å². The van der Waals surface area contributed by atoms with Crippen LogP contribution in [0.3, 0.4) is 0 Å². The molecular weight excluding hydrogens is 773 g/mol. The van der Waals surface area contributed by atoms with Gasteiger partial charge in [-0.2, -0.15) is 0 Å². The predicted octanol–water partition coefficient (Wildman–Crippen LogP) is 16.8. The highest BCUT2D eigenvalue weighted by atomic mass is 15.0. The third-order valence-corrected chi connectivity index (χ3v) is 13.8. The van der Waals surface area contributed by atoms with Gasteiger partial charge in [0, 0.05) is 38.3 Å². The minimum absolute atomic E-state index is 1.15. The second-order valence-electron chi connectivity index (χ2n) is 17.3. The minimum atomic E-state index is 1.15. The quantitative estimate of drug-likeness (QED) is 0.164. The van der Waals surface area contributed by atoms with E-state index in [1.165, 1.54) is 121 Å². The number of para-hydroxylation sites is 2. The first kappa shape index (κ1) is 35.2. The largest absolute Gasteiger partial charge is 0.309 e. The van der Waals surface area contributed by atoms with E-state index in [4.69, 9.17) is 0 Å². The first-order valence-corrected chi connectivity index (χ1v) is 22.2. The Bertz CT molecular complexity index is 4050. The zero-order chi connectivity index (χ0) is 41.9. The van der Waals surface area contributed by atoms with Gasteiger partial charge < -0.3 is 9.13 Å². The summed E-state index contributed by atoms with van der Waals surface area (Å²) in [7, 11) is 0. The van der Waals surface area contributed by atoms with Crippen molar-refractivity contribution in [2.75, 3.05) is 0 Å². The first-order chi connectivity index (χ1) is 31.7. The van der Waals surface area contributed by atoms with E-state index in [2.05, 4.69) is 240 Å². The van der Waals surface area contributed by atoms with E-state index in [0.717, 1.165) is 11.4 Å². The van der Waals surface area contributed by atoms with Crippen molar-refractivity contribution in [2.45, 2.75) is 0 Å². The summed E-state index contributed by atoms with van der Waals surface area (Å²) in [6.45, 7) is 0. The van der Waals surface area contributed by atoms with E-state index in [0.29, 0.717) is 0 Å². The molecule has 2 aromatic heterocycles. The number of fused-ring (bicyclic) bond motifs is 11. The molecule has 0 atom stereocenters. The monoisotopic (exact) mass is 810 g/mol. The lowest BCUT2D eigenvalue weighted by atomic mass is 9.96. The molecule has 1 aliphatic rings. The van der Waals surface area contributed by atoms with Crippen molar-refractivity contribution >= 4 is 65.2 Å². The number of aromatic nitrogens is 2. The smallest absolute Gasteiger partial charge is 0.0619 e. The molecule has 1 aliphatic carbocycles. The van der Waals surface area contributed by atoms with Gasteiger partial charge in [-0.05, 0) is 126 Å². The predicted molar refractivity (Wildman–Crippen MR) is 271 cm³/mol. The molecule has 64 heavy (non-hydrogen) atoms. The Kier molecular flexibility index (Phi) is 7.43. The second-order valence-corrected chi connectivity index (χ2v) is 17.3. The van der Waals surface area contributed by atoms with Gasteiger partial charge >= 0.3 is 0 Å². The Labute approximate surface area is 370 Å². The molecule has 2 nitrogen and oxygen atoms in total. The van der Waals surface area contributed by atoms with Crippen LogP contribution in [-0.2, 0) is 0 Å². The number of rotatable bonds is 5. The van der Waals surface area contributed by atoms with Crippen molar-refractivity contribution < 1.29 is 0 Å². The van der Waals surface area contributed by atoms with Crippen molar-refractivity contribution in [1.82, 2.24) is 9.13 Å². The van der Waals surface area contributed by atoms with E-state index >= 15 is 0 Å². The van der Waals surface area contributed by atoms with Crippen molar-refractivity contribution in [2.24, 2.45) is 0 Å². The van der Waals surface area contributed by atoms with Gasteiger partial charge in [0.2, 0.25) is 0 Å². The van der Waals surface area contributed by atoms with Crippen LogP contribution in [0.5, 0.6) is 0 Å². The van der Waals surface area contributed by atoms with Gasteiger partial charge in [-0.3, -0.25) is 0 Å². The maximum Gasteiger partial charge on any atom is 0.0619 e. The molecule has 0 bridgehead atoms. The van der Waals surface area contributed by atoms with E-state index in [1.807, 2.05) is 0 Å². The van der Waals surface area contributed by atoms with Crippen LogP contribution in [0.25, 0.3) is 132 Å². The van der Waals surface area contributed by atoms with Crippen molar-refractivity contribution in [3.05, 3.63) is 231 Å². The molecule has 0 radical (unpaired) electrons. The van der Waals surface area contributed by atoms with Crippen LogP contribution in [0.2, 0.25) is 0 Å². The highest BCUT2D eigenvalue weighted by Gasteiger charge is 2.22. The molecule has 0 N–H and O–H groups in total. The van der Waals surface area contributed by atoms with Gasteiger partial charge in [0.25, 0.3) is 0 Å². The lowest BCUT2D eigenvalue weighted by Gasteiger charge is -2.12. The SMILES string of the molecule is c1ccc(-n2c3cc(-c4ccc5c(c4)c4ccccc4n5-c4cccc(-c5ccc(-c6ccc7c(c6)-c6cccc8cccc-7c68)cc5)c4)ccc3c3ccc4ccccc4c32)cc1. The Balaban J connectivity index is 0.846. The fraction of sp³-hybridized carbons (Fsp3) is 0. The van der Waals surface area contributed by atoms with E-state index in [1.54, 1.807) is 0 Å². The van der Waals surface area contributed by atoms with Crippen LogP contribution >= 0.6 is 0 Å². The van der Waals surface area contributed by atoms with Crippen molar-refractivity contribution in [3.63, 3.8) is 0 Å². The van der Waals surface area contributed by atoms with Gasteiger partial charge in [0.1, 0.15) is 0 Å². The molecule has 2 heterocycles. The summed E-state index contributed by atoms with van der Waals surface area (Å²) in [4.78, 5) is 0. The minimum Gasteiger partial charge on any atom is -0.309 e. The molecule has 0 fully saturated rings. The molecule has 13 aromatic rings. The lowest BCUT2D eigenvalue weighted by molar-refractivity contribution is 1.18. The first-order valence-electron chi connectivity index (χ1n) is 22.2. The summed E-state index contributed by atoms with van der Waals surface area (Å²) in [5, 5.41) is 10.2. The Morgan fingerprint density at radius 2 is 0.812 bits per heavy atom. The van der Waals surface area contributed by atoms with Crippen LogP contribution in [0.15, 0.2) is 231 Å². The molecular formula is C62H38N2. The zero-order valence-corrected chi connectivity index (χ0v) is 34.8. The number of nitrogens with zero attached hydrogens (tertiary/aromatic N) is 2. The summed E-state index contributed by atoms with van der Waals surface area (Å²) in [6, 6.07) is 85.2. The normalized spacial score (nSPS) is 12.1. The maximum absolute atomic E-state index is 2.45. The standard InChI is InChI=1S/C62H38N2/c1-2-15-47(16-3-1)64-60-38-46(29-32-52(60)55-33-27-41-11-4-5-18-49(41)62(55)64)45-30-34-59-57(37-45)51-19-6-7-22-58(51)63(59)48-17-8-14-43(35-48)39-23-25-40(26-24-39)44-28-31-50-53-20-9-12-42-13-10-21-54(61(42)53)56(50)36-44/h1-38H. The van der Waals surface area contributed by atoms with Gasteiger partial charge in [0.15, 0.2) is 0 Å². The molecule has 2 heteroatoms. The van der Waals surface area contributed by atoms with Crippen LogP contribution in [0, 0.1) is 0 Å². The van der Waals surface area contributed by atoms with Crippen molar-refractivity contribution in [1.29, 1.82) is 0 Å². The van der Waals surface area contributed by atoms with Crippen molar-refractivity contribution in [3.8, 4) is 67.0 Å². The Morgan fingerprint density at radius 1 is 0.234 bits per heavy atom. The zero-order valence-electron chi connectivity index (χ0n) is 34.8. The van der Waals surface area contributed by atoms with E-state index in [9.17, 15) is 0 Å². The summed E-state index contributed by atoms with van der Waals surface area (Å²) < 4.78 is 4.88. The summed E-state index contributed by atoms with van der Waals surface area (Å²) in [5.74, 6) is 0. The molecule has 0 amide bonds. The second kappa shape index (κ2) is 13.5. The molecule has 14 rings (SSSR count). The molecule has 0 spiro atoms. The molecule has 0 unspecified atom stereocenters. The van der Waals surface area contributed by atoms with Crippen LogP contribution in [0.4, 0.5) is 0 Å². The Hall–Kier alpha value is -8.46. The third-order valence-electron chi connectivity index (χ3n) is 13.8. The number of hydrogen-bond acceptors (Lipinski definition) is 0. The molecule has 0 saturated carbocycles. The van der Waals surface area contributed by atoms with E-state index < -0.39 is 0 Å². The summed E-state index contributed by atoms with van der Waals surface area (Å²) in [5.41, 5.74) is 19.7. The topological polar surface area (TPSA) is 9.86 Å². The van der Waals surface area contributed by atoms with Crippen LogP contribution in [0.1, 0.15) is 0 Å². The summed E-state index contributed by atoms with van der Waals surface area (Å²) >= 11 is 0. The Morgan fingerprint density at radius 3 is 1.66 bits per heavy atom.